The third-order valence-corrected chi connectivity index (χ3v) is 5.82. The summed E-state index contributed by atoms with van der Waals surface area (Å²) in [5, 5.41) is 11.1. The van der Waals surface area contributed by atoms with Gasteiger partial charge in [0.15, 0.2) is 0 Å². The van der Waals surface area contributed by atoms with Gasteiger partial charge in [-0.2, -0.15) is 0 Å². The first-order chi connectivity index (χ1) is 15.8. The maximum Gasteiger partial charge on any atom is 0.282 e. The fourth-order valence-electron chi connectivity index (χ4n) is 3.92. The van der Waals surface area contributed by atoms with Crippen LogP contribution in [0.3, 0.4) is 0 Å². The summed E-state index contributed by atoms with van der Waals surface area (Å²) in [6.07, 6.45) is 0. The van der Waals surface area contributed by atoms with Gasteiger partial charge in [0.2, 0.25) is 0 Å². The van der Waals surface area contributed by atoms with Gasteiger partial charge < -0.3 is 4.90 Å². The SMILES string of the molecule is Cc1ccc(N2C(=O)C(c3ccc([N+](=O)[O-])cc3)=C(N(C)Cc3ccccc3)C2=O)cc1C. The van der Waals surface area contributed by atoms with Crippen molar-refractivity contribution in [1.82, 2.24) is 4.90 Å². The molecule has 0 N–H and O–H groups in total. The van der Waals surface area contributed by atoms with Crippen LogP contribution in [0.25, 0.3) is 5.57 Å². The fraction of sp³-hybridized carbons (Fsp3) is 0.154. The van der Waals surface area contributed by atoms with Crippen molar-refractivity contribution in [3.05, 3.63) is 111 Å². The smallest absolute Gasteiger partial charge is 0.282 e. The number of benzene rings is 3. The van der Waals surface area contributed by atoms with Gasteiger partial charge in [0.05, 0.1) is 16.2 Å². The molecule has 1 aliphatic rings. The number of nitrogens with zero attached hydrogens (tertiary/aromatic N) is 3. The summed E-state index contributed by atoms with van der Waals surface area (Å²) in [5.74, 6) is -0.873. The summed E-state index contributed by atoms with van der Waals surface area (Å²) in [4.78, 5) is 40.7. The lowest BCUT2D eigenvalue weighted by atomic mass is 10.0. The lowest BCUT2D eigenvalue weighted by Gasteiger charge is -2.22. The van der Waals surface area contributed by atoms with Crippen LogP contribution in [0.2, 0.25) is 0 Å². The molecule has 0 fully saturated rings. The van der Waals surface area contributed by atoms with Crippen molar-refractivity contribution in [3.63, 3.8) is 0 Å². The van der Waals surface area contributed by atoms with Gasteiger partial charge in [-0.3, -0.25) is 19.7 Å². The average molecular weight is 441 g/mol. The molecule has 7 heteroatoms. The predicted molar refractivity (Wildman–Crippen MR) is 126 cm³/mol. The van der Waals surface area contributed by atoms with Crippen molar-refractivity contribution >= 4 is 28.8 Å². The van der Waals surface area contributed by atoms with E-state index in [9.17, 15) is 19.7 Å². The standard InChI is InChI=1S/C26H23N3O4/c1-17-9-12-22(15-18(17)2)28-25(30)23(20-10-13-21(14-11-20)29(32)33)24(26(28)31)27(3)16-19-7-5-4-6-8-19/h4-15H,16H2,1-3H3. The molecule has 3 aromatic carbocycles. The van der Waals surface area contributed by atoms with E-state index in [1.165, 1.54) is 29.2 Å². The van der Waals surface area contributed by atoms with E-state index in [4.69, 9.17) is 0 Å². The van der Waals surface area contributed by atoms with Gasteiger partial charge in [0, 0.05) is 25.7 Å². The number of amides is 2. The normalized spacial score (nSPS) is 13.6. The Morgan fingerprint density at radius 3 is 2.15 bits per heavy atom. The lowest BCUT2D eigenvalue weighted by Crippen LogP contribution is -2.34. The highest BCUT2D eigenvalue weighted by Crippen LogP contribution is 2.36. The van der Waals surface area contributed by atoms with Crippen molar-refractivity contribution in [2.24, 2.45) is 0 Å². The van der Waals surface area contributed by atoms with Crippen molar-refractivity contribution in [1.29, 1.82) is 0 Å². The number of rotatable bonds is 6. The van der Waals surface area contributed by atoms with E-state index in [2.05, 4.69) is 0 Å². The van der Waals surface area contributed by atoms with Crippen LogP contribution in [0.1, 0.15) is 22.3 Å². The molecule has 2 amide bonds. The quantitative estimate of drug-likeness (QED) is 0.316. The molecular weight excluding hydrogens is 418 g/mol. The van der Waals surface area contributed by atoms with Crippen LogP contribution in [0.4, 0.5) is 11.4 Å². The number of hydrogen-bond acceptors (Lipinski definition) is 5. The van der Waals surface area contributed by atoms with Crippen molar-refractivity contribution in [2.75, 3.05) is 11.9 Å². The number of likely N-dealkylation sites (N-methyl/N-ethyl adjacent to an activating group) is 1. The molecule has 0 spiro atoms. The largest absolute Gasteiger partial charge is 0.365 e. The molecule has 166 valence electrons. The highest BCUT2D eigenvalue weighted by atomic mass is 16.6. The van der Waals surface area contributed by atoms with E-state index < -0.39 is 16.7 Å². The molecule has 1 heterocycles. The zero-order valence-corrected chi connectivity index (χ0v) is 18.6. The van der Waals surface area contributed by atoms with E-state index >= 15 is 0 Å². The molecule has 0 saturated carbocycles. The Kier molecular flexibility index (Phi) is 5.79. The number of imide groups is 1. The average Bonchev–Trinajstić information content (AvgIpc) is 3.06. The van der Waals surface area contributed by atoms with Crippen LogP contribution < -0.4 is 4.90 Å². The van der Waals surface area contributed by atoms with Gasteiger partial charge >= 0.3 is 0 Å². The number of aryl methyl sites for hydroxylation is 2. The summed E-state index contributed by atoms with van der Waals surface area (Å²) < 4.78 is 0. The van der Waals surface area contributed by atoms with Crippen LogP contribution >= 0.6 is 0 Å². The number of nitro benzene ring substituents is 1. The van der Waals surface area contributed by atoms with Gasteiger partial charge in [0.25, 0.3) is 17.5 Å². The Morgan fingerprint density at radius 1 is 0.879 bits per heavy atom. The van der Waals surface area contributed by atoms with E-state index in [0.29, 0.717) is 17.8 Å². The molecule has 1 aliphatic heterocycles. The Labute approximate surface area is 191 Å². The Hall–Kier alpha value is -4.26. The second kappa shape index (κ2) is 8.70. The molecule has 0 atom stereocenters. The summed E-state index contributed by atoms with van der Waals surface area (Å²) in [5.41, 5.74) is 4.37. The third-order valence-electron chi connectivity index (χ3n) is 5.82. The van der Waals surface area contributed by atoms with Crippen LogP contribution in [-0.4, -0.2) is 28.7 Å². The topological polar surface area (TPSA) is 83.8 Å². The molecule has 7 nitrogen and oxygen atoms in total. The minimum atomic E-state index is -0.496. The van der Waals surface area contributed by atoms with E-state index in [1.807, 2.05) is 56.3 Å². The Balaban J connectivity index is 1.81. The minimum absolute atomic E-state index is 0.0821. The molecule has 33 heavy (non-hydrogen) atoms. The van der Waals surface area contributed by atoms with E-state index in [1.54, 1.807) is 18.0 Å². The predicted octanol–water partition coefficient (Wildman–Crippen LogP) is 4.63. The second-order valence-corrected chi connectivity index (χ2v) is 8.08. The molecule has 0 radical (unpaired) electrons. The number of non-ortho nitro benzene ring substituents is 1. The van der Waals surface area contributed by atoms with Gasteiger partial charge in [0.1, 0.15) is 5.70 Å². The molecule has 0 bridgehead atoms. The summed E-state index contributed by atoms with van der Waals surface area (Å²) in [6, 6.07) is 20.8. The first kappa shape index (κ1) is 22.0. The molecule has 0 saturated heterocycles. The lowest BCUT2D eigenvalue weighted by molar-refractivity contribution is -0.384. The highest BCUT2D eigenvalue weighted by Gasteiger charge is 2.42. The zero-order valence-electron chi connectivity index (χ0n) is 18.6. The number of hydrogen-bond donors (Lipinski definition) is 0. The van der Waals surface area contributed by atoms with Crippen molar-refractivity contribution < 1.29 is 14.5 Å². The van der Waals surface area contributed by atoms with Gasteiger partial charge in [-0.25, -0.2) is 4.90 Å². The summed E-state index contributed by atoms with van der Waals surface area (Å²) in [6.45, 7) is 4.32. The van der Waals surface area contributed by atoms with Gasteiger partial charge in [-0.05, 0) is 60.4 Å². The Morgan fingerprint density at radius 2 is 1.55 bits per heavy atom. The first-order valence-corrected chi connectivity index (χ1v) is 10.5. The first-order valence-electron chi connectivity index (χ1n) is 10.5. The van der Waals surface area contributed by atoms with Crippen molar-refractivity contribution in [3.8, 4) is 0 Å². The van der Waals surface area contributed by atoms with Crippen LogP contribution in [0.5, 0.6) is 0 Å². The van der Waals surface area contributed by atoms with E-state index in [-0.39, 0.29) is 17.0 Å². The third kappa shape index (κ3) is 4.13. The Bertz CT molecular complexity index is 1280. The minimum Gasteiger partial charge on any atom is -0.365 e. The highest BCUT2D eigenvalue weighted by molar-refractivity contribution is 6.45. The summed E-state index contributed by atoms with van der Waals surface area (Å²) >= 11 is 0. The van der Waals surface area contributed by atoms with Crippen molar-refractivity contribution in [2.45, 2.75) is 20.4 Å². The number of anilines is 1. The number of carbonyl (C=O) groups is 2. The molecule has 0 aliphatic carbocycles. The monoisotopic (exact) mass is 441 g/mol. The van der Waals surface area contributed by atoms with Crippen LogP contribution in [0, 0.1) is 24.0 Å². The number of nitro groups is 1. The van der Waals surface area contributed by atoms with E-state index in [0.717, 1.165) is 16.7 Å². The van der Waals surface area contributed by atoms with Gasteiger partial charge in [-0.1, -0.05) is 36.4 Å². The van der Waals surface area contributed by atoms with Gasteiger partial charge in [-0.15, -0.1) is 0 Å². The zero-order chi connectivity index (χ0) is 23.7. The molecule has 3 aromatic rings. The molecule has 4 rings (SSSR count). The maximum atomic E-state index is 13.6. The number of carbonyl (C=O) groups excluding carboxylic acids is 2. The molecule has 0 unspecified atom stereocenters. The fourth-order valence-corrected chi connectivity index (χ4v) is 3.92. The molecule has 0 aromatic heterocycles. The summed E-state index contributed by atoms with van der Waals surface area (Å²) in [7, 11) is 1.77. The van der Waals surface area contributed by atoms with Crippen LogP contribution in [0.15, 0.2) is 78.5 Å². The molecular formula is C26H23N3O4. The second-order valence-electron chi connectivity index (χ2n) is 8.08. The van der Waals surface area contributed by atoms with Crippen LogP contribution in [-0.2, 0) is 16.1 Å². The maximum absolute atomic E-state index is 13.6.